The van der Waals surface area contributed by atoms with Crippen LogP contribution in [0.5, 0.6) is 5.75 Å². The summed E-state index contributed by atoms with van der Waals surface area (Å²) in [5.74, 6) is -1.30. The van der Waals surface area contributed by atoms with Crippen molar-refractivity contribution in [2.24, 2.45) is 5.41 Å². The summed E-state index contributed by atoms with van der Waals surface area (Å²) < 4.78 is 20.9. The van der Waals surface area contributed by atoms with Gasteiger partial charge in [-0.2, -0.15) is 0 Å². The molecule has 0 radical (unpaired) electrons. The average Bonchev–Trinajstić information content (AvgIpc) is 3.58. The van der Waals surface area contributed by atoms with Gasteiger partial charge >= 0.3 is 5.97 Å². The molecule has 3 aromatic rings. The van der Waals surface area contributed by atoms with Crippen LogP contribution in [0.3, 0.4) is 0 Å². The van der Waals surface area contributed by atoms with E-state index >= 15 is 0 Å². The van der Waals surface area contributed by atoms with E-state index in [4.69, 9.17) is 4.74 Å². The first-order chi connectivity index (χ1) is 15.4. The molecule has 1 saturated heterocycles. The van der Waals surface area contributed by atoms with Crippen LogP contribution in [-0.4, -0.2) is 34.0 Å². The number of rotatable bonds is 5. The zero-order chi connectivity index (χ0) is 22.5. The van der Waals surface area contributed by atoms with E-state index in [1.54, 1.807) is 22.8 Å². The fraction of sp³-hybridized carbons (Fsp3) is 0.360. The standard InChI is InChI=1S/C25H24FNO5/c26-17-3-1-15(2-4-17)21-19-6-5-18(28)13-20(19)23(29)27(14-25(9-10-25)24(30)31)22(21)16-7-11-32-12-8-16/h1-6,13,16,28H,7-12,14H2,(H,30,31). The van der Waals surface area contributed by atoms with Crippen molar-refractivity contribution in [1.29, 1.82) is 0 Å². The van der Waals surface area contributed by atoms with Crippen LogP contribution in [0.15, 0.2) is 47.3 Å². The van der Waals surface area contributed by atoms with Crippen molar-refractivity contribution in [1.82, 2.24) is 4.57 Å². The number of fused-ring (bicyclic) bond motifs is 1. The van der Waals surface area contributed by atoms with Crippen molar-refractivity contribution < 1.29 is 24.1 Å². The van der Waals surface area contributed by atoms with Gasteiger partial charge in [-0.05, 0) is 67.0 Å². The molecule has 2 heterocycles. The third kappa shape index (κ3) is 3.46. The highest BCUT2D eigenvalue weighted by molar-refractivity contribution is 5.98. The molecule has 2 aliphatic rings. The summed E-state index contributed by atoms with van der Waals surface area (Å²) in [6.45, 7) is 1.19. The van der Waals surface area contributed by atoms with E-state index in [0.717, 1.165) is 16.8 Å². The van der Waals surface area contributed by atoms with Crippen molar-refractivity contribution in [3.8, 4) is 16.9 Å². The molecule has 7 heteroatoms. The number of aliphatic carboxylic acids is 1. The van der Waals surface area contributed by atoms with Crippen LogP contribution in [0, 0.1) is 11.2 Å². The van der Waals surface area contributed by atoms with E-state index in [1.807, 2.05) is 0 Å². The summed E-state index contributed by atoms with van der Waals surface area (Å²) in [5.41, 5.74) is 1.05. The summed E-state index contributed by atoms with van der Waals surface area (Å²) >= 11 is 0. The zero-order valence-electron chi connectivity index (χ0n) is 17.5. The number of carboxylic acids is 1. The molecule has 0 atom stereocenters. The molecular weight excluding hydrogens is 413 g/mol. The lowest BCUT2D eigenvalue weighted by atomic mass is 9.86. The highest BCUT2D eigenvalue weighted by Gasteiger charge is 2.51. The lowest BCUT2D eigenvalue weighted by Crippen LogP contribution is -2.34. The smallest absolute Gasteiger partial charge is 0.311 e. The molecule has 1 aliphatic carbocycles. The predicted molar refractivity (Wildman–Crippen MR) is 117 cm³/mol. The molecule has 0 bridgehead atoms. The first-order valence-electron chi connectivity index (χ1n) is 10.9. The normalized spacial score (nSPS) is 18.0. The zero-order valence-corrected chi connectivity index (χ0v) is 17.5. The third-order valence-electron chi connectivity index (χ3n) is 6.80. The Morgan fingerprint density at radius 2 is 1.78 bits per heavy atom. The van der Waals surface area contributed by atoms with E-state index in [-0.39, 0.29) is 29.6 Å². The van der Waals surface area contributed by atoms with Gasteiger partial charge in [0.25, 0.3) is 5.56 Å². The lowest BCUT2D eigenvalue weighted by Gasteiger charge is -2.30. The molecule has 0 unspecified atom stereocenters. The number of ether oxygens (including phenoxy) is 1. The summed E-state index contributed by atoms with van der Waals surface area (Å²) in [4.78, 5) is 25.7. The Labute approximate surface area is 183 Å². The molecule has 1 aromatic heterocycles. The van der Waals surface area contributed by atoms with Gasteiger partial charge in [0.1, 0.15) is 11.6 Å². The second-order valence-corrected chi connectivity index (χ2v) is 8.86. The fourth-order valence-corrected chi connectivity index (χ4v) is 4.82. The summed E-state index contributed by atoms with van der Waals surface area (Å²) in [5, 5.41) is 20.9. The Bertz CT molecular complexity index is 1250. The number of nitrogens with zero attached hydrogens (tertiary/aromatic N) is 1. The Morgan fingerprint density at radius 1 is 1.09 bits per heavy atom. The summed E-state index contributed by atoms with van der Waals surface area (Å²) in [7, 11) is 0. The minimum atomic E-state index is -0.950. The maximum atomic E-state index is 13.7. The topological polar surface area (TPSA) is 88.8 Å². The number of phenolic OH excluding ortho intramolecular Hbond substituents is 1. The molecule has 2 fully saturated rings. The maximum Gasteiger partial charge on any atom is 0.311 e. The molecule has 0 spiro atoms. The van der Waals surface area contributed by atoms with Gasteiger partial charge in [0, 0.05) is 36.9 Å². The second-order valence-electron chi connectivity index (χ2n) is 8.86. The van der Waals surface area contributed by atoms with Gasteiger partial charge in [0.2, 0.25) is 0 Å². The molecule has 1 saturated carbocycles. The average molecular weight is 437 g/mol. The summed E-state index contributed by atoms with van der Waals surface area (Å²) in [6, 6.07) is 10.8. The van der Waals surface area contributed by atoms with Crippen molar-refractivity contribution in [2.45, 2.75) is 38.1 Å². The molecule has 166 valence electrons. The number of pyridine rings is 1. The molecule has 2 N–H and O–H groups in total. The molecule has 5 rings (SSSR count). The Morgan fingerprint density at radius 3 is 2.41 bits per heavy atom. The number of hydrogen-bond acceptors (Lipinski definition) is 4. The Balaban J connectivity index is 1.85. The van der Waals surface area contributed by atoms with Gasteiger partial charge in [-0.1, -0.05) is 12.1 Å². The first kappa shape index (κ1) is 20.7. The summed E-state index contributed by atoms with van der Waals surface area (Å²) in [6.07, 6.45) is 2.45. The SMILES string of the molecule is O=C(O)C1(Cn2c(C3CCOCC3)c(-c3ccc(F)cc3)c3ccc(O)cc3c2=O)CC1. The van der Waals surface area contributed by atoms with E-state index < -0.39 is 11.4 Å². The van der Waals surface area contributed by atoms with Crippen LogP contribution in [0.4, 0.5) is 4.39 Å². The molecule has 6 nitrogen and oxygen atoms in total. The van der Waals surface area contributed by atoms with Crippen LogP contribution in [0.25, 0.3) is 21.9 Å². The van der Waals surface area contributed by atoms with Crippen LogP contribution in [0.2, 0.25) is 0 Å². The van der Waals surface area contributed by atoms with Gasteiger partial charge in [0.15, 0.2) is 0 Å². The van der Waals surface area contributed by atoms with E-state index in [9.17, 15) is 24.2 Å². The van der Waals surface area contributed by atoms with Crippen molar-refractivity contribution >= 4 is 16.7 Å². The second kappa shape index (κ2) is 7.74. The van der Waals surface area contributed by atoms with Crippen LogP contribution in [-0.2, 0) is 16.1 Å². The van der Waals surface area contributed by atoms with Crippen LogP contribution in [0.1, 0.15) is 37.3 Å². The third-order valence-corrected chi connectivity index (χ3v) is 6.80. The van der Waals surface area contributed by atoms with Gasteiger partial charge in [-0.3, -0.25) is 9.59 Å². The quantitative estimate of drug-likeness (QED) is 0.622. The number of benzene rings is 2. The van der Waals surface area contributed by atoms with Gasteiger partial charge in [-0.25, -0.2) is 4.39 Å². The fourth-order valence-electron chi connectivity index (χ4n) is 4.82. The van der Waals surface area contributed by atoms with E-state index in [0.29, 0.717) is 49.7 Å². The van der Waals surface area contributed by atoms with Crippen LogP contribution >= 0.6 is 0 Å². The first-order valence-corrected chi connectivity index (χ1v) is 10.9. The number of carbonyl (C=O) groups is 1. The Hall–Kier alpha value is -3.19. The molecule has 2 aromatic carbocycles. The van der Waals surface area contributed by atoms with Gasteiger partial charge in [-0.15, -0.1) is 0 Å². The minimum absolute atomic E-state index is 0.000647. The number of carboxylic acid groups (broad SMARTS) is 1. The van der Waals surface area contributed by atoms with E-state index in [2.05, 4.69) is 0 Å². The molecule has 0 amide bonds. The molecule has 32 heavy (non-hydrogen) atoms. The maximum absolute atomic E-state index is 13.7. The number of halogens is 1. The lowest BCUT2D eigenvalue weighted by molar-refractivity contribution is -0.143. The minimum Gasteiger partial charge on any atom is -0.508 e. The number of aromatic hydroxyl groups is 1. The highest BCUT2D eigenvalue weighted by Crippen LogP contribution is 2.49. The molecular formula is C25H24FNO5. The number of aromatic nitrogens is 1. The number of phenols is 1. The van der Waals surface area contributed by atoms with Gasteiger partial charge < -0.3 is 19.5 Å². The van der Waals surface area contributed by atoms with Crippen molar-refractivity contribution in [3.05, 3.63) is 64.3 Å². The predicted octanol–water partition coefficient (Wildman–Crippen LogP) is 4.27. The van der Waals surface area contributed by atoms with E-state index in [1.165, 1.54) is 24.3 Å². The largest absolute Gasteiger partial charge is 0.508 e. The number of hydrogen-bond donors (Lipinski definition) is 2. The van der Waals surface area contributed by atoms with Gasteiger partial charge in [0.05, 0.1) is 10.8 Å². The van der Waals surface area contributed by atoms with Crippen LogP contribution < -0.4 is 5.56 Å². The van der Waals surface area contributed by atoms with Crippen molar-refractivity contribution in [3.63, 3.8) is 0 Å². The Kier molecular flexibility index (Phi) is 5.01. The highest BCUT2D eigenvalue weighted by atomic mass is 19.1. The van der Waals surface area contributed by atoms with Crippen molar-refractivity contribution in [2.75, 3.05) is 13.2 Å². The molecule has 1 aliphatic heterocycles. The monoisotopic (exact) mass is 437 g/mol.